The van der Waals surface area contributed by atoms with Crippen molar-refractivity contribution >= 4 is 37.9 Å². The zero-order valence-electron chi connectivity index (χ0n) is 16.2. The first kappa shape index (κ1) is 20.1. The Bertz CT molecular complexity index is 1240. The van der Waals surface area contributed by atoms with E-state index in [0.29, 0.717) is 5.69 Å². The molecule has 0 aliphatic rings. The van der Waals surface area contributed by atoms with E-state index < -0.39 is 10.0 Å². The molecule has 2 aromatic carbocycles. The summed E-state index contributed by atoms with van der Waals surface area (Å²) < 4.78 is 27.7. The van der Waals surface area contributed by atoms with Crippen molar-refractivity contribution in [3.8, 4) is 11.3 Å². The van der Waals surface area contributed by atoms with Gasteiger partial charge < -0.3 is 5.32 Å². The SMILES string of the molecule is Cc1ccc(NS(=O)(=O)Cc2ccccc2)cc1Nc1nc(-c2cccnc2)cs1. The summed E-state index contributed by atoms with van der Waals surface area (Å²) in [6, 6.07) is 18.3. The number of benzene rings is 2. The van der Waals surface area contributed by atoms with Crippen LogP contribution in [0.3, 0.4) is 0 Å². The monoisotopic (exact) mass is 436 g/mol. The number of hydrogen-bond donors (Lipinski definition) is 2. The fraction of sp³-hybridized carbons (Fsp3) is 0.0909. The molecule has 2 heterocycles. The third kappa shape index (κ3) is 5.03. The van der Waals surface area contributed by atoms with Crippen LogP contribution in [-0.4, -0.2) is 18.4 Å². The second kappa shape index (κ2) is 8.64. The van der Waals surface area contributed by atoms with Crippen molar-refractivity contribution in [2.24, 2.45) is 0 Å². The van der Waals surface area contributed by atoms with Crippen molar-refractivity contribution in [3.05, 3.63) is 89.6 Å². The quantitative estimate of drug-likeness (QED) is 0.416. The van der Waals surface area contributed by atoms with Gasteiger partial charge in [-0.05, 0) is 42.3 Å². The fourth-order valence-electron chi connectivity index (χ4n) is 2.92. The van der Waals surface area contributed by atoms with Crippen LogP contribution < -0.4 is 10.0 Å². The molecule has 0 radical (unpaired) electrons. The first-order valence-corrected chi connectivity index (χ1v) is 11.8. The fourth-order valence-corrected chi connectivity index (χ4v) is 4.84. The van der Waals surface area contributed by atoms with Gasteiger partial charge in [-0.1, -0.05) is 36.4 Å². The van der Waals surface area contributed by atoms with E-state index in [2.05, 4.69) is 20.0 Å². The Kier molecular flexibility index (Phi) is 5.78. The van der Waals surface area contributed by atoms with Crippen molar-refractivity contribution in [1.29, 1.82) is 0 Å². The molecule has 0 saturated heterocycles. The number of aromatic nitrogens is 2. The average molecular weight is 437 g/mol. The highest BCUT2D eigenvalue weighted by Crippen LogP contribution is 2.29. The maximum atomic E-state index is 12.5. The molecule has 0 atom stereocenters. The van der Waals surface area contributed by atoms with Gasteiger partial charge in [0.1, 0.15) is 0 Å². The Balaban J connectivity index is 1.50. The summed E-state index contributed by atoms with van der Waals surface area (Å²) in [5.41, 5.74) is 4.80. The number of rotatable bonds is 7. The second-order valence-electron chi connectivity index (χ2n) is 6.78. The average Bonchev–Trinajstić information content (AvgIpc) is 3.20. The van der Waals surface area contributed by atoms with Gasteiger partial charge in [-0.15, -0.1) is 11.3 Å². The lowest BCUT2D eigenvalue weighted by atomic mass is 10.2. The highest BCUT2D eigenvalue weighted by molar-refractivity contribution is 7.91. The summed E-state index contributed by atoms with van der Waals surface area (Å²) in [7, 11) is -3.52. The maximum absolute atomic E-state index is 12.5. The van der Waals surface area contributed by atoms with Gasteiger partial charge in [-0.3, -0.25) is 9.71 Å². The summed E-state index contributed by atoms with van der Waals surface area (Å²) in [5.74, 6) is -0.0779. The van der Waals surface area contributed by atoms with Gasteiger partial charge in [0.25, 0.3) is 0 Å². The standard InChI is InChI=1S/C22H20N4O2S2/c1-16-9-10-19(26-30(27,28)15-17-6-3-2-4-7-17)12-20(16)24-22-25-21(14-29-22)18-8-5-11-23-13-18/h2-14,26H,15H2,1H3,(H,24,25). The zero-order valence-corrected chi connectivity index (χ0v) is 17.9. The lowest BCUT2D eigenvalue weighted by molar-refractivity contribution is 0.600. The van der Waals surface area contributed by atoms with Gasteiger partial charge in [0, 0.05) is 29.0 Å². The van der Waals surface area contributed by atoms with E-state index in [1.165, 1.54) is 11.3 Å². The Morgan fingerprint density at radius 1 is 1.03 bits per heavy atom. The predicted octanol–water partition coefficient (Wildman–Crippen LogP) is 5.20. The van der Waals surface area contributed by atoms with Crippen molar-refractivity contribution in [2.45, 2.75) is 12.7 Å². The zero-order chi connectivity index (χ0) is 21.0. The molecule has 8 heteroatoms. The van der Waals surface area contributed by atoms with Crippen LogP contribution in [0.15, 0.2) is 78.4 Å². The van der Waals surface area contributed by atoms with Gasteiger partial charge in [0.2, 0.25) is 10.0 Å². The molecule has 0 aliphatic heterocycles. The molecule has 2 aromatic heterocycles. The largest absolute Gasteiger partial charge is 0.331 e. The lowest BCUT2D eigenvalue weighted by Gasteiger charge is -2.12. The molecule has 0 spiro atoms. The van der Waals surface area contributed by atoms with Gasteiger partial charge in [0.05, 0.1) is 17.1 Å². The summed E-state index contributed by atoms with van der Waals surface area (Å²) in [6.07, 6.45) is 3.49. The van der Waals surface area contributed by atoms with E-state index in [1.807, 2.05) is 48.7 Å². The topological polar surface area (TPSA) is 84.0 Å². The van der Waals surface area contributed by atoms with Crippen LogP contribution in [0.2, 0.25) is 0 Å². The molecule has 30 heavy (non-hydrogen) atoms. The molecule has 2 N–H and O–H groups in total. The smallest absolute Gasteiger partial charge is 0.236 e. The molecular formula is C22H20N4O2S2. The number of hydrogen-bond acceptors (Lipinski definition) is 6. The van der Waals surface area contributed by atoms with Crippen LogP contribution in [0.25, 0.3) is 11.3 Å². The van der Waals surface area contributed by atoms with Crippen LogP contribution in [0.1, 0.15) is 11.1 Å². The van der Waals surface area contributed by atoms with E-state index in [9.17, 15) is 8.42 Å². The number of nitrogens with zero attached hydrogens (tertiary/aromatic N) is 2. The maximum Gasteiger partial charge on any atom is 0.236 e. The molecule has 152 valence electrons. The normalized spacial score (nSPS) is 11.2. The molecule has 0 bridgehead atoms. The molecule has 6 nitrogen and oxygen atoms in total. The molecule has 0 aliphatic carbocycles. The van der Waals surface area contributed by atoms with Crippen molar-refractivity contribution in [3.63, 3.8) is 0 Å². The first-order valence-electron chi connectivity index (χ1n) is 9.26. The van der Waals surface area contributed by atoms with Crippen LogP contribution in [-0.2, 0) is 15.8 Å². The van der Waals surface area contributed by atoms with E-state index in [0.717, 1.165) is 33.2 Å². The Labute approximate surface area is 179 Å². The van der Waals surface area contributed by atoms with Crippen molar-refractivity contribution in [1.82, 2.24) is 9.97 Å². The summed E-state index contributed by atoms with van der Waals surface area (Å²) in [4.78, 5) is 8.73. The third-order valence-corrected chi connectivity index (χ3v) is 6.43. The Morgan fingerprint density at radius 3 is 2.63 bits per heavy atom. The van der Waals surface area contributed by atoms with Crippen LogP contribution in [0, 0.1) is 6.92 Å². The minimum atomic E-state index is -3.52. The summed E-state index contributed by atoms with van der Waals surface area (Å²) in [5, 5.41) is 5.97. The number of aryl methyl sites for hydroxylation is 1. The molecule has 0 saturated carbocycles. The molecule has 4 aromatic rings. The van der Waals surface area contributed by atoms with E-state index in [4.69, 9.17) is 0 Å². The minimum absolute atomic E-state index is 0.0779. The van der Waals surface area contributed by atoms with E-state index in [-0.39, 0.29) is 5.75 Å². The molecule has 0 unspecified atom stereocenters. The van der Waals surface area contributed by atoms with Gasteiger partial charge in [-0.25, -0.2) is 13.4 Å². The van der Waals surface area contributed by atoms with E-state index >= 15 is 0 Å². The highest BCUT2D eigenvalue weighted by Gasteiger charge is 2.13. The van der Waals surface area contributed by atoms with E-state index in [1.54, 1.807) is 36.7 Å². The number of anilines is 3. The molecular weight excluding hydrogens is 416 g/mol. The molecule has 0 amide bonds. The van der Waals surface area contributed by atoms with Gasteiger partial charge in [-0.2, -0.15) is 0 Å². The minimum Gasteiger partial charge on any atom is -0.331 e. The molecule has 4 rings (SSSR count). The lowest BCUT2D eigenvalue weighted by Crippen LogP contribution is -2.15. The number of thiazole rings is 1. The summed E-state index contributed by atoms with van der Waals surface area (Å²) in [6.45, 7) is 1.96. The Hall–Kier alpha value is -3.23. The van der Waals surface area contributed by atoms with Gasteiger partial charge in [0.15, 0.2) is 5.13 Å². The van der Waals surface area contributed by atoms with Crippen LogP contribution in [0.4, 0.5) is 16.5 Å². The third-order valence-electron chi connectivity index (χ3n) is 4.41. The van der Waals surface area contributed by atoms with Gasteiger partial charge >= 0.3 is 0 Å². The first-order chi connectivity index (χ1) is 14.5. The Morgan fingerprint density at radius 2 is 1.87 bits per heavy atom. The van der Waals surface area contributed by atoms with Crippen LogP contribution in [0.5, 0.6) is 0 Å². The van der Waals surface area contributed by atoms with Crippen molar-refractivity contribution < 1.29 is 8.42 Å². The predicted molar refractivity (Wildman–Crippen MR) is 122 cm³/mol. The van der Waals surface area contributed by atoms with Crippen molar-refractivity contribution in [2.75, 3.05) is 10.0 Å². The number of nitrogens with one attached hydrogen (secondary N) is 2. The molecule has 0 fully saturated rings. The van der Waals surface area contributed by atoms with Crippen LogP contribution >= 0.6 is 11.3 Å². The highest BCUT2D eigenvalue weighted by atomic mass is 32.2. The summed E-state index contributed by atoms with van der Waals surface area (Å²) >= 11 is 1.48. The second-order valence-corrected chi connectivity index (χ2v) is 9.36. The number of sulfonamides is 1. The number of pyridine rings is 1.